The molecule has 0 amide bonds. The number of H-pyrrole nitrogens is 1. The normalized spacial score (nSPS) is 11.8. The van der Waals surface area contributed by atoms with E-state index in [0.717, 1.165) is 21.0 Å². The highest BCUT2D eigenvalue weighted by molar-refractivity contribution is 9.10. The summed E-state index contributed by atoms with van der Waals surface area (Å²) in [7, 11) is -3.85. The first-order chi connectivity index (χ1) is 16.8. The number of nitrogens with zero attached hydrogens (tertiary/aromatic N) is 1. The second-order valence-electron chi connectivity index (χ2n) is 8.27. The standard InChI is InChI=1S/C27H27BrN2O4S/c1-3-34-24-10-13-26-21(17-24)16-22(27(31)29-26)18-30(15-14-20-7-5-4-6-19(20)2)35(32,33)25-11-8-23(28)9-12-25/h4-13,16-17H,3,14-15,18H2,1-2H3,(H,29,31). The van der Waals surface area contributed by atoms with E-state index in [-0.39, 0.29) is 23.5 Å². The van der Waals surface area contributed by atoms with E-state index in [9.17, 15) is 13.2 Å². The van der Waals surface area contributed by atoms with Crippen molar-refractivity contribution in [2.75, 3.05) is 13.2 Å². The summed E-state index contributed by atoms with van der Waals surface area (Å²) in [5.41, 5.74) is 2.90. The van der Waals surface area contributed by atoms with E-state index >= 15 is 0 Å². The molecule has 0 saturated heterocycles. The SMILES string of the molecule is CCOc1ccc2[nH]c(=O)c(CN(CCc3ccccc3C)S(=O)(=O)c3ccc(Br)cc3)cc2c1. The minimum Gasteiger partial charge on any atom is -0.494 e. The molecule has 0 saturated carbocycles. The molecule has 3 aromatic carbocycles. The molecule has 6 nitrogen and oxygen atoms in total. The average molecular weight is 555 g/mol. The molecule has 4 aromatic rings. The van der Waals surface area contributed by atoms with Crippen LogP contribution in [0.3, 0.4) is 0 Å². The van der Waals surface area contributed by atoms with Crippen LogP contribution >= 0.6 is 15.9 Å². The number of sulfonamides is 1. The number of hydrogen-bond acceptors (Lipinski definition) is 4. The monoisotopic (exact) mass is 554 g/mol. The van der Waals surface area contributed by atoms with Gasteiger partial charge in [0.05, 0.1) is 11.5 Å². The summed E-state index contributed by atoms with van der Waals surface area (Å²) in [5.74, 6) is 0.692. The first-order valence-electron chi connectivity index (χ1n) is 11.4. The van der Waals surface area contributed by atoms with E-state index in [1.165, 1.54) is 4.31 Å². The number of pyridine rings is 1. The van der Waals surface area contributed by atoms with Crippen molar-refractivity contribution in [2.24, 2.45) is 0 Å². The van der Waals surface area contributed by atoms with Gasteiger partial charge in [-0.05, 0) is 79.9 Å². The summed E-state index contributed by atoms with van der Waals surface area (Å²) < 4.78 is 35.0. The van der Waals surface area contributed by atoms with Crippen molar-refractivity contribution < 1.29 is 13.2 Å². The number of rotatable bonds is 9. The number of hydrogen-bond donors (Lipinski definition) is 1. The lowest BCUT2D eigenvalue weighted by molar-refractivity contribution is 0.340. The molecule has 0 aliphatic heterocycles. The third kappa shape index (κ3) is 5.83. The molecule has 1 N–H and O–H groups in total. The van der Waals surface area contributed by atoms with Gasteiger partial charge in [0.2, 0.25) is 10.0 Å². The lowest BCUT2D eigenvalue weighted by Crippen LogP contribution is -2.34. The maximum absolute atomic E-state index is 13.6. The largest absolute Gasteiger partial charge is 0.494 e. The molecule has 0 unspecified atom stereocenters. The van der Waals surface area contributed by atoms with Crippen LogP contribution in [0, 0.1) is 6.92 Å². The minimum absolute atomic E-state index is 0.0472. The van der Waals surface area contributed by atoms with Crippen LogP contribution in [-0.4, -0.2) is 30.9 Å². The van der Waals surface area contributed by atoms with Crippen LogP contribution < -0.4 is 10.3 Å². The summed E-state index contributed by atoms with van der Waals surface area (Å²) in [6.45, 7) is 4.63. The van der Waals surface area contributed by atoms with Crippen LogP contribution in [0.4, 0.5) is 0 Å². The van der Waals surface area contributed by atoms with E-state index in [4.69, 9.17) is 4.74 Å². The fourth-order valence-electron chi connectivity index (χ4n) is 3.97. The van der Waals surface area contributed by atoms with E-state index in [2.05, 4.69) is 20.9 Å². The zero-order chi connectivity index (χ0) is 25.0. The van der Waals surface area contributed by atoms with Crippen molar-refractivity contribution in [3.05, 3.63) is 104 Å². The molecule has 0 radical (unpaired) electrons. The predicted octanol–water partition coefficient (Wildman–Crippen LogP) is 5.43. The lowest BCUT2D eigenvalue weighted by atomic mass is 10.1. The molecule has 0 atom stereocenters. The molecule has 4 rings (SSSR count). The lowest BCUT2D eigenvalue weighted by Gasteiger charge is -2.23. The molecule has 35 heavy (non-hydrogen) atoms. The second kappa shape index (κ2) is 10.8. The Kier molecular flexibility index (Phi) is 7.74. The molecule has 1 heterocycles. The fraction of sp³-hybridized carbons (Fsp3) is 0.222. The van der Waals surface area contributed by atoms with Crippen molar-refractivity contribution in [3.8, 4) is 5.75 Å². The Labute approximate surface area is 213 Å². The fourth-order valence-corrected chi connectivity index (χ4v) is 5.65. The maximum Gasteiger partial charge on any atom is 0.252 e. The minimum atomic E-state index is -3.85. The van der Waals surface area contributed by atoms with Gasteiger partial charge in [-0.3, -0.25) is 4.79 Å². The number of aromatic amines is 1. The van der Waals surface area contributed by atoms with Crippen molar-refractivity contribution in [1.29, 1.82) is 0 Å². The zero-order valence-electron chi connectivity index (χ0n) is 19.6. The number of aryl methyl sites for hydroxylation is 1. The Morgan fingerprint density at radius 1 is 0.971 bits per heavy atom. The second-order valence-corrected chi connectivity index (χ2v) is 11.1. The summed E-state index contributed by atoms with van der Waals surface area (Å²) in [4.78, 5) is 16.0. The summed E-state index contributed by atoms with van der Waals surface area (Å²) >= 11 is 3.36. The quantitative estimate of drug-likeness (QED) is 0.299. The van der Waals surface area contributed by atoms with Crippen molar-refractivity contribution in [3.63, 3.8) is 0 Å². The Morgan fingerprint density at radius 2 is 1.71 bits per heavy atom. The van der Waals surface area contributed by atoms with E-state index < -0.39 is 10.0 Å². The van der Waals surface area contributed by atoms with Crippen molar-refractivity contribution >= 4 is 36.9 Å². The molecule has 8 heteroatoms. The van der Waals surface area contributed by atoms with Crippen LogP contribution in [0.2, 0.25) is 0 Å². The van der Waals surface area contributed by atoms with Gasteiger partial charge >= 0.3 is 0 Å². The molecule has 0 spiro atoms. The van der Waals surface area contributed by atoms with Gasteiger partial charge in [-0.15, -0.1) is 0 Å². The molecule has 0 bridgehead atoms. The van der Waals surface area contributed by atoms with Gasteiger partial charge in [-0.1, -0.05) is 40.2 Å². The van der Waals surface area contributed by atoms with Gasteiger partial charge in [-0.25, -0.2) is 8.42 Å². The van der Waals surface area contributed by atoms with Crippen LogP contribution in [-0.2, 0) is 23.0 Å². The topological polar surface area (TPSA) is 79.5 Å². The highest BCUT2D eigenvalue weighted by Crippen LogP contribution is 2.23. The molecule has 0 fully saturated rings. The summed E-state index contributed by atoms with van der Waals surface area (Å²) in [6, 6.07) is 21.6. The van der Waals surface area contributed by atoms with Crippen LogP contribution in [0.1, 0.15) is 23.6 Å². The highest BCUT2D eigenvalue weighted by atomic mass is 79.9. The number of fused-ring (bicyclic) bond motifs is 1. The van der Waals surface area contributed by atoms with Gasteiger partial charge in [-0.2, -0.15) is 4.31 Å². The van der Waals surface area contributed by atoms with Gasteiger partial charge in [0.15, 0.2) is 0 Å². The maximum atomic E-state index is 13.6. The molecule has 0 aliphatic rings. The van der Waals surface area contributed by atoms with Crippen LogP contribution in [0.25, 0.3) is 10.9 Å². The number of halogens is 1. The third-order valence-electron chi connectivity index (χ3n) is 5.89. The summed E-state index contributed by atoms with van der Waals surface area (Å²) in [6.07, 6.45) is 0.530. The highest BCUT2D eigenvalue weighted by Gasteiger charge is 2.26. The number of nitrogens with one attached hydrogen (secondary N) is 1. The van der Waals surface area contributed by atoms with E-state index in [1.807, 2.05) is 44.2 Å². The third-order valence-corrected chi connectivity index (χ3v) is 8.28. The number of benzene rings is 3. The van der Waals surface area contributed by atoms with Gasteiger partial charge in [0.25, 0.3) is 5.56 Å². The Bertz CT molecular complexity index is 1500. The number of ether oxygens (including phenoxy) is 1. The van der Waals surface area contributed by atoms with Gasteiger partial charge in [0.1, 0.15) is 5.75 Å². The van der Waals surface area contributed by atoms with Crippen LogP contribution in [0.5, 0.6) is 5.75 Å². The Morgan fingerprint density at radius 3 is 2.43 bits per heavy atom. The molecular weight excluding hydrogens is 528 g/mol. The Hall–Kier alpha value is -2.94. The van der Waals surface area contributed by atoms with Crippen molar-refractivity contribution in [1.82, 2.24) is 9.29 Å². The first kappa shape index (κ1) is 25.2. The van der Waals surface area contributed by atoms with Crippen molar-refractivity contribution in [2.45, 2.75) is 31.7 Å². The van der Waals surface area contributed by atoms with E-state index in [1.54, 1.807) is 42.5 Å². The Balaban J connectivity index is 1.72. The predicted molar refractivity (Wildman–Crippen MR) is 142 cm³/mol. The first-order valence-corrected chi connectivity index (χ1v) is 13.6. The molecule has 182 valence electrons. The summed E-state index contributed by atoms with van der Waals surface area (Å²) in [5, 5.41) is 0.783. The average Bonchev–Trinajstić information content (AvgIpc) is 2.83. The number of aromatic nitrogens is 1. The molecule has 1 aromatic heterocycles. The smallest absolute Gasteiger partial charge is 0.252 e. The van der Waals surface area contributed by atoms with Crippen LogP contribution in [0.15, 0.2) is 87.0 Å². The van der Waals surface area contributed by atoms with Gasteiger partial charge in [0, 0.05) is 34.0 Å². The van der Waals surface area contributed by atoms with Gasteiger partial charge < -0.3 is 9.72 Å². The zero-order valence-corrected chi connectivity index (χ0v) is 22.0. The van der Waals surface area contributed by atoms with E-state index in [0.29, 0.717) is 29.9 Å². The molecule has 0 aliphatic carbocycles. The molecular formula is C27H27BrN2O4S.